The number of rotatable bonds is 16. The molecular formula is C37H56N2O2. The first-order valence-electron chi connectivity index (χ1n) is 17.3. The number of hydrogen-bond acceptors (Lipinski definition) is 4. The van der Waals surface area contributed by atoms with Crippen LogP contribution in [0.3, 0.4) is 0 Å². The Kier molecular flexibility index (Phi) is 13.7. The summed E-state index contributed by atoms with van der Waals surface area (Å²) in [5, 5.41) is 0. The second-order valence-corrected chi connectivity index (χ2v) is 13.1. The van der Waals surface area contributed by atoms with E-state index < -0.39 is 0 Å². The Morgan fingerprint density at radius 2 is 1.22 bits per heavy atom. The van der Waals surface area contributed by atoms with E-state index in [0.717, 1.165) is 48.9 Å². The van der Waals surface area contributed by atoms with Crippen molar-refractivity contribution in [2.75, 3.05) is 0 Å². The van der Waals surface area contributed by atoms with E-state index in [9.17, 15) is 4.79 Å². The number of nitrogens with zero attached hydrogens (tertiary/aromatic N) is 2. The van der Waals surface area contributed by atoms with Crippen molar-refractivity contribution < 1.29 is 9.53 Å². The molecule has 4 heteroatoms. The molecular weight excluding hydrogens is 504 g/mol. The maximum absolute atomic E-state index is 12.7. The van der Waals surface area contributed by atoms with Crippen LogP contribution < -0.4 is 4.74 Å². The minimum atomic E-state index is -0.0696. The van der Waals surface area contributed by atoms with Gasteiger partial charge in [-0.1, -0.05) is 90.9 Å². The van der Waals surface area contributed by atoms with Crippen LogP contribution in [0, 0.1) is 17.8 Å². The van der Waals surface area contributed by atoms with Gasteiger partial charge < -0.3 is 4.74 Å². The lowest BCUT2D eigenvalue weighted by Crippen LogP contribution is -2.25. The lowest BCUT2D eigenvalue weighted by molar-refractivity contribution is -0.140. The number of aromatic nitrogens is 2. The van der Waals surface area contributed by atoms with Crippen molar-refractivity contribution in [2.24, 2.45) is 17.8 Å². The number of esters is 1. The average molecular weight is 561 g/mol. The molecule has 4 nitrogen and oxygen atoms in total. The molecule has 0 N–H and O–H groups in total. The maximum atomic E-state index is 12.7. The van der Waals surface area contributed by atoms with E-state index in [1.165, 1.54) is 108 Å². The van der Waals surface area contributed by atoms with Crippen LogP contribution in [0.1, 0.15) is 154 Å². The SMILES string of the molecule is CCCCCCCCCC[C@H]1CC[C@H](c2cnc(-c3ccc(OC(=O)[C@H]4CC[C@H](CCCC)CC4)cc3)nc2)CC1. The first-order valence-corrected chi connectivity index (χ1v) is 17.3. The van der Waals surface area contributed by atoms with Gasteiger partial charge in [0.15, 0.2) is 5.82 Å². The summed E-state index contributed by atoms with van der Waals surface area (Å²) in [6.45, 7) is 4.54. The summed E-state index contributed by atoms with van der Waals surface area (Å²) in [5.41, 5.74) is 2.25. The quantitative estimate of drug-likeness (QED) is 0.116. The zero-order valence-electron chi connectivity index (χ0n) is 26.1. The van der Waals surface area contributed by atoms with Gasteiger partial charge in [0.05, 0.1) is 5.92 Å². The minimum absolute atomic E-state index is 0.0450. The van der Waals surface area contributed by atoms with E-state index in [0.29, 0.717) is 11.7 Å². The Balaban J connectivity index is 1.15. The number of ether oxygens (including phenoxy) is 1. The van der Waals surface area contributed by atoms with Gasteiger partial charge >= 0.3 is 5.97 Å². The topological polar surface area (TPSA) is 52.1 Å². The number of carbonyl (C=O) groups excluding carboxylic acids is 1. The van der Waals surface area contributed by atoms with Crippen LogP contribution >= 0.6 is 0 Å². The second kappa shape index (κ2) is 17.7. The summed E-state index contributed by atoms with van der Waals surface area (Å²) in [7, 11) is 0. The van der Waals surface area contributed by atoms with Crippen molar-refractivity contribution in [2.45, 2.75) is 148 Å². The fourth-order valence-corrected chi connectivity index (χ4v) is 7.10. The number of benzene rings is 1. The highest BCUT2D eigenvalue weighted by Crippen LogP contribution is 2.38. The smallest absolute Gasteiger partial charge is 0.314 e. The van der Waals surface area contributed by atoms with Crippen molar-refractivity contribution in [1.82, 2.24) is 9.97 Å². The molecule has 2 aliphatic rings. The molecule has 0 unspecified atom stereocenters. The van der Waals surface area contributed by atoms with Crippen molar-refractivity contribution in [3.05, 3.63) is 42.2 Å². The van der Waals surface area contributed by atoms with Crippen LogP contribution in [0.2, 0.25) is 0 Å². The summed E-state index contributed by atoms with van der Waals surface area (Å²) in [6.07, 6.45) is 30.2. The lowest BCUT2D eigenvalue weighted by Gasteiger charge is -2.28. The Labute approximate surface area is 250 Å². The van der Waals surface area contributed by atoms with E-state index in [-0.39, 0.29) is 11.9 Å². The van der Waals surface area contributed by atoms with Gasteiger partial charge in [-0.2, -0.15) is 0 Å². The largest absolute Gasteiger partial charge is 0.426 e. The summed E-state index contributed by atoms with van der Waals surface area (Å²) < 4.78 is 5.74. The van der Waals surface area contributed by atoms with Gasteiger partial charge in [-0.15, -0.1) is 0 Å². The van der Waals surface area contributed by atoms with Crippen molar-refractivity contribution in [3.63, 3.8) is 0 Å². The molecule has 0 aliphatic heterocycles. The third-order valence-corrected chi connectivity index (χ3v) is 9.93. The maximum Gasteiger partial charge on any atom is 0.314 e. The van der Waals surface area contributed by atoms with Crippen molar-refractivity contribution >= 4 is 5.97 Å². The van der Waals surface area contributed by atoms with E-state index in [4.69, 9.17) is 14.7 Å². The second-order valence-electron chi connectivity index (χ2n) is 13.1. The van der Waals surface area contributed by atoms with E-state index in [1.807, 2.05) is 36.7 Å². The Morgan fingerprint density at radius 1 is 0.683 bits per heavy atom. The molecule has 1 aromatic heterocycles. The molecule has 2 fully saturated rings. The van der Waals surface area contributed by atoms with Crippen molar-refractivity contribution in [3.8, 4) is 17.1 Å². The zero-order chi connectivity index (χ0) is 28.7. The van der Waals surface area contributed by atoms with Gasteiger partial charge in [0.1, 0.15) is 5.75 Å². The standard InChI is InChI=1S/C37H56N2O2/c1-3-5-7-8-9-10-11-12-14-30-15-19-31(20-16-30)34-27-38-36(39-28-34)32-23-25-35(26-24-32)41-37(40)33-21-17-29(18-22-33)13-6-4-2/h23-31,33H,3-22H2,1-2H3/t29-,30-,31-,33-. The summed E-state index contributed by atoms with van der Waals surface area (Å²) in [5.74, 6) is 3.64. The van der Waals surface area contributed by atoms with Gasteiger partial charge in [0.25, 0.3) is 0 Å². The number of hydrogen-bond donors (Lipinski definition) is 0. The molecule has 0 atom stereocenters. The lowest BCUT2D eigenvalue weighted by atomic mass is 9.77. The number of unbranched alkanes of at least 4 members (excludes halogenated alkanes) is 8. The fraction of sp³-hybridized carbons (Fsp3) is 0.703. The summed E-state index contributed by atoms with van der Waals surface area (Å²) in [6, 6.07) is 7.70. The Morgan fingerprint density at radius 3 is 1.83 bits per heavy atom. The minimum Gasteiger partial charge on any atom is -0.426 e. The zero-order valence-corrected chi connectivity index (χ0v) is 26.1. The normalized spacial score (nSPS) is 22.9. The highest BCUT2D eigenvalue weighted by Gasteiger charge is 2.27. The van der Waals surface area contributed by atoms with Gasteiger partial charge in [0, 0.05) is 18.0 Å². The summed E-state index contributed by atoms with van der Waals surface area (Å²) in [4.78, 5) is 22.1. The van der Waals surface area contributed by atoms with Gasteiger partial charge in [-0.3, -0.25) is 4.79 Å². The van der Waals surface area contributed by atoms with E-state index >= 15 is 0 Å². The molecule has 0 saturated heterocycles. The molecule has 0 radical (unpaired) electrons. The monoisotopic (exact) mass is 560 g/mol. The van der Waals surface area contributed by atoms with Gasteiger partial charge in [0.2, 0.25) is 0 Å². The number of carbonyl (C=O) groups is 1. The van der Waals surface area contributed by atoms with Crippen LogP contribution in [-0.4, -0.2) is 15.9 Å². The molecule has 0 amide bonds. The van der Waals surface area contributed by atoms with Crippen LogP contribution in [0.25, 0.3) is 11.4 Å². The molecule has 1 heterocycles. The highest BCUT2D eigenvalue weighted by molar-refractivity contribution is 5.75. The van der Waals surface area contributed by atoms with Crippen LogP contribution in [0.5, 0.6) is 5.75 Å². The molecule has 2 saturated carbocycles. The van der Waals surface area contributed by atoms with Crippen LogP contribution in [0.15, 0.2) is 36.7 Å². The Hall–Kier alpha value is -2.23. The third kappa shape index (κ3) is 10.5. The predicted octanol–water partition coefficient (Wildman–Crippen LogP) is 10.9. The molecule has 0 bridgehead atoms. The van der Waals surface area contributed by atoms with E-state index in [1.54, 1.807) is 0 Å². The molecule has 4 rings (SSSR count). The van der Waals surface area contributed by atoms with Crippen molar-refractivity contribution in [1.29, 1.82) is 0 Å². The summed E-state index contributed by atoms with van der Waals surface area (Å²) >= 11 is 0. The van der Waals surface area contributed by atoms with Crippen LogP contribution in [-0.2, 0) is 4.79 Å². The van der Waals surface area contributed by atoms with Crippen LogP contribution in [0.4, 0.5) is 0 Å². The van der Waals surface area contributed by atoms with Gasteiger partial charge in [-0.05, 0) is 98.9 Å². The average Bonchev–Trinajstić information content (AvgIpc) is 3.02. The first-order chi connectivity index (χ1) is 20.2. The molecule has 226 valence electrons. The fourth-order valence-electron chi connectivity index (χ4n) is 7.10. The molecule has 0 spiro atoms. The molecule has 1 aromatic carbocycles. The molecule has 2 aromatic rings. The van der Waals surface area contributed by atoms with Gasteiger partial charge in [-0.25, -0.2) is 9.97 Å². The van der Waals surface area contributed by atoms with E-state index in [2.05, 4.69) is 13.8 Å². The predicted molar refractivity (Wildman–Crippen MR) is 170 cm³/mol. The first kappa shape index (κ1) is 31.7. The highest BCUT2D eigenvalue weighted by atomic mass is 16.5. The molecule has 41 heavy (non-hydrogen) atoms. The Bertz CT molecular complexity index is 987. The molecule has 2 aliphatic carbocycles. The third-order valence-electron chi connectivity index (χ3n) is 9.93.